The van der Waals surface area contributed by atoms with E-state index in [0.29, 0.717) is 18.5 Å². The molecule has 1 fully saturated rings. The fourth-order valence-corrected chi connectivity index (χ4v) is 5.26. The Morgan fingerprint density at radius 2 is 2.12 bits per heavy atom. The SMILES string of the molecule is CCOC(=O)C1CCCCN1S(=O)(=O)c1ccc2c(c1)C(Cl)(Cl)C(=O)N2. The molecule has 0 bridgehead atoms. The molecule has 26 heavy (non-hydrogen) atoms. The quantitative estimate of drug-likeness (QED) is 0.595. The molecule has 0 radical (unpaired) electrons. The number of benzene rings is 1. The Labute approximate surface area is 161 Å². The number of piperidine rings is 1. The first-order chi connectivity index (χ1) is 12.2. The van der Waals surface area contributed by atoms with Crippen LogP contribution in [-0.4, -0.2) is 43.8 Å². The highest BCUT2D eigenvalue weighted by atomic mass is 35.5. The van der Waals surface area contributed by atoms with E-state index in [1.54, 1.807) is 6.92 Å². The van der Waals surface area contributed by atoms with Crippen LogP contribution in [0.25, 0.3) is 0 Å². The molecule has 1 saturated heterocycles. The number of nitrogens with zero attached hydrogens (tertiary/aromatic N) is 1. The van der Waals surface area contributed by atoms with Crippen molar-refractivity contribution in [3.8, 4) is 0 Å². The number of fused-ring (bicyclic) bond motifs is 1. The summed E-state index contributed by atoms with van der Waals surface area (Å²) in [4.78, 5) is 24.0. The number of hydrogen-bond acceptors (Lipinski definition) is 5. The van der Waals surface area contributed by atoms with Crippen LogP contribution in [0.3, 0.4) is 0 Å². The van der Waals surface area contributed by atoms with Gasteiger partial charge in [0.2, 0.25) is 14.4 Å². The topological polar surface area (TPSA) is 92.8 Å². The van der Waals surface area contributed by atoms with Crippen molar-refractivity contribution in [1.82, 2.24) is 4.31 Å². The molecule has 1 atom stereocenters. The molecule has 0 saturated carbocycles. The number of rotatable bonds is 4. The van der Waals surface area contributed by atoms with Crippen LogP contribution in [0.2, 0.25) is 0 Å². The van der Waals surface area contributed by atoms with Gasteiger partial charge < -0.3 is 10.1 Å². The second-order valence-corrected chi connectivity index (χ2v) is 9.33. The van der Waals surface area contributed by atoms with Gasteiger partial charge in [0.25, 0.3) is 5.91 Å². The van der Waals surface area contributed by atoms with E-state index in [4.69, 9.17) is 27.9 Å². The molecule has 1 unspecified atom stereocenters. The maximum Gasteiger partial charge on any atom is 0.324 e. The number of alkyl halides is 2. The average Bonchev–Trinajstić information content (AvgIpc) is 2.84. The third-order valence-corrected chi connectivity index (χ3v) is 7.14. The van der Waals surface area contributed by atoms with Gasteiger partial charge in [0.1, 0.15) is 6.04 Å². The van der Waals surface area contributed by atoms with Crippen LogP contribution in [0.5, 0.6) is 0 Å². The monoisotopic (exact) mass is 420 g/mol. The minimum Gasteiger partial charge on any atom is -0.465 e. The van der Waals surface area contributed by atoms with E-state index in [9.17, 15) is 18.0 Å². The fraction of sp³-hybridized carbons (Fsp3) is 0.500. The number of ether oxygens (including phenoxy) is 1. The summed E-state index contributed by atoms with van der Waals surface area (Å²) in [6.07, 6.45) is 1.79. The lowest BCUT2D eigenvalue weighted by molar-refractivity contribution is -0.148. The highest BCUT2D eigenvalue weighted by molar-refractivity contribution is 7.89. The molecule has 1 aromatic carbocycles. The Kier molecular flexibility index (Phi) is 5.22. The molecule has 3 rings (SSSR count). The van der Waals surface area contributed by atoms with Crippen LogP contribution < -0.4 is 5.32 Å². The van der Waals surface area contributed by atoms with Crippen molar-refractivity contribution in [1.29, 1.82) is 0 Å². The zero-order chi connectivity index (χ0) is 19.1. The van der Waals surface area contributed by atoms with E-state index in [1.165, 1.54) is 18.2 Å². The molecular formula is C16H18Cl2N2O5S. The van der Waals surface area contributed by atoms with E-state index >= 15 is 0 Å². The number of carbonyl (C=O) groups excluding carboxylic acids is 2. The second kappa shape index (κ2) is 6.99. The molecule has 7 nitrogen and oxygen atoms in total. The van der Waals surface area contributed by atoms with Crippen molar-refractivity contribution < 1.29 is 22.7 Å². The van der Waals surface area contributed by atoms with Crippen LogP contribution in [-0.2, 0) is 28.7 Å². The maximum absolute atomic E-state index is 13.1. The highest BCUT2D eigenvalue weighted by Crippen LogP contribution is 2.45. The normalized spacial score (nSPS) is 22.6. The van der Waals surface area contributed by atoms with Crippen molar-refractivity contribution in [3.05, 3.63) is 23.8 Å². The standard InChI is InChI=1S/C16H18Cl2N2O5S/c1-2-25-14(21)13-5-3-4-8-20(13)26(23,24)10-6-7-12-11(9-10)16(17,18)15(22)19-12/h6-7,9,13H,2-5,8H2,1H3,(H,19,22). The molecule has 2 aliphatic rings. The summed E-state index contributed by atoms with van der Waals surface area (Å²) < 4.78 is 30.6. The molecule has 0 aliphatic carbocycles. The Morgan fingerprint density at radius 1 is 1.38 bits per heavy atom. The van der Waals surface area contributed by atoms with E-state index in [0.717, 1.165) is 10.7 Å². The summed E-state index contributed by atoms with van der Waals surface area (Å²) in [6.45, 7) is 2.06. The molecule has 10 heteroatoms. The lowest BCUT2D eigenvalue weighted by atomic mass is 10.1. The second-order valence-electron chi connectivity index (χ2n) is 6.12. The Hall–Kier alpha value is -1.35. The van der Waals surface area contributed by atoms with Crippen molar-refractivity contribution in [2.24, 2.45) is 0 Å². The summed E-state index contributed by atoms with van der Waals surface area (Å²) in [7, 11) is -3.99. The van der Waals surface area contributed by atoms with Gasteiger partial charge in [0.05, 0.1) is 11.5 Å². The summed E-state index contributed by atoms with van der Waals surface area (Å²) >= 11 is 12.1. The minimum atomic E-state index is -3.99. The number of sulfonamides is 1. The molecular weight excluding hydrogens is 403 g/mol. The lowest BCUT2D eigenvalue weighted by Crippen LogP contribution is -2.48. The number of amides is 1. The van der Waals surface area contributed by atoms with Crippen molar-refractivity contribution in [2.45, 2.75) is 41.5 Å². The maximum atomic E-state index is 13.1. The Morgan fingerprint density at radius 3 is 2.81 bits per heavy atom. The molecule has 1 N–H and O–H groups in total. The first-order valence-electron chi connectivity index (χ1n) is 8.22. The summed E-state index contributed by atoms with van der Waals surface area (Å²) in [5.74, 6) is -1.19. The van der Waals surface area contributed by atoms with Gasteiger partial charge in [0, 0.05) is 17.8 Å². The average molecular weight is 421 g/mol. The van der Waals surface area contributed by atoms with Gasteiger partial charge >= 0.3 is 5.97 Å². The molecule has 0 aromatic heterocycles. The summed E-state index contributed by atoms with van der Waals surface area (Å²) in [6, 6.07) is 3.22. The number of nitrogens with one attached hydrogen (secondary N) is 1. The smallest absolute Gasteiger partial charge is 0.324 e. The summed E-state index contributed by atoms with van der Waals surface area (Å²) in [5.41, 5.74) is 0.538. The van der Waals surface area contributed by atoms with E-state index in [1.807, 2.05) is 0 Å². The minimum absolute atomic E-state index is 0.0744. The van der Waals surface area contributed by atoms with Crippen molar-refractivity contribution in [3.63, 3.8) is 0 Å². The number of esters is 1. The molecule has 142 valence electrons. The summed E-state index contributed by atoms with van der Waals surface area (Å²) in [5, 5.41) is 2.50. The Balaban J connectivity index is 1.99. The van der Waals surface area contributed by atoms with Crippen LogP contribution in [0.4, 0.5) is 5.69 Å². The number of carbonyl (C=O) groups is 2. The van der Waals surface area contributed by atoms with E-state index < -0.39 is 32.3 Å². The zero-order valence-corrected chi connectivity index (χ0v) is 16.3. The number of halogens is 2. The van der Waals surface area contributed by atoms with Gasteiger partial charge in [-0.2, -0.15) is 4.31 Å². The van der Waals surface area contributed by atoms with E-state index in [2.05, 4.69) is 5.32 Å². The van der Waals surface area contributed by atoms with Crippen LogP contribution >= 0.6 is 23.2 Å². The Bertz CT molecular complexity index is 856. The van der Waals surface area contributed by atoms with Crippen LogP contribution in [0, 0.1) is 0 Å². The van der Waals surface area contributed by atoms with Crippen molar-refractivity contribution in [2.75, 3.05) is 18.5 Å². The first kappa shape index (κ1) is 19.4. The van der Waals surface area contributed by atoms with Gasteiger partial charge in [-0.05, 0) is 44.4 Å². The first-order valence-corrected chi connectivity index (χ1v) is 10.4. The molecule has 2 aliphatic heterocycles. The van der Waals surface area contributed by atoms with Crippen molar-refractivity contribution >= 4 is 50.8 Å². The third kappa shape index (κ3) is 3.19. The van der Waals surface area contributed by atoms with Gasteiger partial charge in [-0.3, -0.25) is 9.59 Å². The van der Waals surface area contributed by atoms with Gasteiger partial charge in [-0.1, -0.05) is 23.2 Å². The lowest BCUT2D eigenvalue weighted by Gasteiger charge is -2.33. The van der Waals surface area contributed by atoms with Crippen LogP contribution in [0.1, 0.15) is 31.7 Å². The van der Waals surface area contributed by atoms with Gasteiger partial charge in [-0.15, -0.1) is 0 Å². The van der Waals surface area contributed by atoms with Crippen LogP contribution in [0.15, 0.2) is 23.1 Å². The number of hydrogen-bond donors (Lipinski definition) is 1. The number of anilines is 1. The largest absolute Gasteiger partial charge is 0.465 e. The highest BCUT2D eigenvalue weighted by Gasteiger charge is 2.45. The third-order valence-electron chi connectivity index (χ3n) is 4.48. The van der Waals surface area contributed by atoms with Gasteiger partial charge in [-0.25, -0.2) is 8.42 Å². The van der Waals surface area contributed by atoms with Gasteiger partial charge in [0.15, 0.2) is 0 Å². The zero-order valence-electron chi connectivity index (χ0n) is 14.0. The fourth-order valence-electron chi connectivity index (χ4n) is 3.18. The molecule has 0 spiro atoms. The molecule has 1 aromatic rings. The predicted molar refractivity (Wildman–Crippen MR) is 96.6 cm³/mol. The molecule has 2 heterocycles. The predicted octanol–water partition coefficient (Wildman–Crippen LogP) is 2.38. The van der Waals surface area contributed by atoms with E-state index in [-0.39, 0.29) is 23.6 Å². The molecule has 1 amide bonds.